The van der Waals surface area contributed by atoms with Crippen molar-refractivity contribution in [1.29, 1.82) is 0 Å². The molecule has 0 bridgehead atoms. The number of benzene rings is 3. The third-order valence-corrected chi connectivity index (χ3v) is 3.94. The highest BCUT2D eigenvalue weighted by atomic mass is 19.4. The van der Waals surface area contributed by atoms with Gasteiger partial charge in [0.25, 0.3) is 0 Å². The van der Waals surface area contributed by atoms with Gasteiger partial charge in [0.1, 0.15) is 0 Å². The van der Waals surface area contributed by atoms with Crippen molar-refractivity contribution in [2.24, 2.45) is 0 Å². The monoisotopic (exact) mass is 312 g/mol. The van der Waals surface area contributed by atoms with Crippen molar-refractivity contribution in [3.8, 4) is 5.69 Å². The van der Waals surface area contributed by atoms with Gasteiger partial charge in [-0.2, -0.15) is 13.2 Å². The van der Waals surface area contributed by atoms with Crippen LogP contribution in [0.25, 0.3) is 27.5 Å². The summed E-state index contributed by atoms with van der Waals surface area (Å²) in [5.41, 5.74) is 1.36. The molecule has 0 spiro atoms. The summed E-state index contributed by atoms with van der Waals surface area (Å²) in [6.07, 6.45) is -4.45. The molecule has 1 aromatic heterocycles. The van der Waals surface area contributed by atoms with Crippen LogP contribution in [0.5, 0.6) is 0 Å². The van der Waals surface area contributed by atoms with Crippen LogP contribution in [0, 0.1) is 0 Å². The van der Waals surface area contributed by atoms with E-state index < -0.39 is 11.7 Å². The molecule has 1 nitrogen and oxygen atoms in total. The number of aromatic nitrogens is 1. The maximum absolute atomic E-state index is 12.9. The average molecular weight is 312 g/mol. The molecule has 1 heterocycles. The van der Waals surface area contributed by atoms with Gasteiger partial charge < -0.3 is 4.57 Å². The highest BCUT2D eigenvalue weighted by Gasteiger charge is 2.30. The lowest BCUT2D eigenvalue weighted by Crippen LogP contribution is -2.05. The van der Waals surface area contributed by atoms with Crippen molar-refractivity contribution in [2.45, 2.75) is 6.18 Å². The van der Waals surface area contributed by atoms with Gasteiger partial charge in [0, 0.05) is 16.5 Å². The normalized spacial score (nSPS) is 12.7. The summed E-state index contributed by atoms with van der Waals surface area (Å²) in [6, 6.07) is 18.5. The van der Waals surface area contributed by atoms with Crippen LogP contribution in [0.2, 0.25) is 0 Å². The molecule has 114 valence electrons. The van der Waals surface area contributed by atoms with Crippen molar-refractivity contribution in [3.63, 3.8) is 0 Å². The van der Waals surface area contributed by atoms with E-state index in [-0.39, 0.29) is 6.04 Å². The summed E-state index contributed by atoms with van der Waals surface area (Å²) < 4.78 is 48.5. The first-order valence-electron chi connectivity index (χ1n) is 7.63. The maximum Gasteiger partial charge on any atom is 0.416 e. The number of fused-ring (bicyclic) bond motifs is 3. The molecular weight excluding hydrogens is 299 g/mol. The summed E-state index contributed by atoms with van der Waals surface area (Å²) >= 11 is 0. The Morgan fingerprint density at radius 2 is 1.30 bits per heavy atom. The van der Waals surface area contributed by atoms with E-state index in [1.807, 2.05) is 53.1 Å². The number of nitrogens with zero attached hydrogens (tertiary/aromatic N) is 1. The maximum atomic E-state index is 12.9. The van der Waals surface area contributed by atoms with Crippen LogP contribution < -0.4 is 0 Å². The Kier molecular flexibility index (Phi) is 2.71. The molecular formula is C19H12F3N. The summed E-state index contributed by atoms with van der Waals surface area (Å²) in [5, 5.41) is 2.01. The van der Waals surface area contributed by atoms with Crippen molar-refractivity contribution in [1.82, 2.24) is 4.57 Å². The molecule has 0 saturated carbocycles. The zero-order valence-electron chi connectivity index (χ0n) is 12.9. The molecule has 4 rings (SSSR count). The first-order valence-corrected chi connectivity index (χ1v) is 7.13. The van der Waals surface area contributed by atoms with E-state index in [2.05, 4.69) is 0 Å². The number of hydrogen-bond donors (Lipinski definition) is 0. The first kappa shape index (κ1) is 12.8. The zero-order chi connectivity index (χ0) is 16.9. The Hall–Kier alpha value is -2.75. The standard InChI is InChI=1S/C19H12F3N/c20-19(21,22)13-9-11-14(12-10-13)23-17-7-3-1-5-15(17)16-6-2-4-8-18(16)23/h1-12H/i11D. The lowest BCUT2D eigenvalue weighted by Gasteiger charge is -2.10. The first-order chi connectivity index (χ1) is 11.5. The van der Waals surface area contributed by atoms with Crippen molar-refractivity contribution in [3.05, 3.63) is 78.3 Å². The van der Waals surface area contributed by atoms with Gasteiger partial charge in [0.2, 0.25) is 0 Å². The van der Waals surface area contributed by atoms with Gasteiger partial charge in [-0.25, -0.2) is 0 Å². The fourth-order valence-corrected chi connectivity index (χ4v) is 2.91. The second kappa shape index (κ2) is 4.88. The van der Waals surface area contributed by atoms with Crippen LogP contribution in [0.3, 0.4) is 0 Å². The quantitative estimate of drug-likeness (QED) is 0.418. The molecule has 0 fully saturated rings. The fraction of sp³-hybridized carbons (Fsp3) is 0.0526. The van der Waals surface area contributed by atoms with Gasteiger partial charge in [0.15, 0.2) is 0 Å². The van der Waals surface area contributed by atoms with Gasteiger partial charge >= 0.3 is 6.18 Å². The molecule has 4 heteroatoms. The largest absolute Gasteiger partial charge is 0.416 e. The third-order valence-electron chi connectivity index (χ3n) is 3.94. The van der Waals surface area contributed by atoms with Crippen LogP contribution >= 0.6 is 0 Å². The number of para-hydroxylation sites is 2. The summed E-state index contributed by atoms with van der Waals surface area (Å²) in [4.78, 5) is 0. The van der Waals surface area contributed by atoms with Gasteiger partial charge in [-0.1, -0.05) is 36.4 Å². The lowest BCUT2D eigenvalue weighted by molar-refractivity contribution is -0.137. The van der Waals surface area contributed by atoms with Crippen LogP contribution in [0.4, 0.5) is 13.2 Å². The summed E-state index contributed by atoms with van der Waals surface area (Å²) in [7, 11) is 0. The second-order valence-corrected chi connectivity index (χ2v) is 5.33. The molecule has 0 aliphatic rings. The SMILES string of the molecule is [2H]c1cc(C(F)(F)F)ccc1-n1c2ccccc2c2ccccc21. The minimum absolute atomic E-state index is 0.156. The molecule has 0 aliphatic heterocycles. The van der Waals surface area contributed by atoms with E-state index in [0.29, 0.717) is 5.69 Å². The van der Waals surface area contributed by atoms with Gasteiger partial charge in [-0.3, -0.25) is 0 Å². The van der Waals surface area contributed by atoms with Crippen LogP contribution in [-0.4, -0.2) is 4.57 Å². The molecule has 4 aromatic rings. The Labute approximate surface area is 132 Å². The predicted molar refractivity (Wildman–Crippen MR) is 85.8 cm³/mol. The fourth-order valence-electron chi connectivity index (χ4n) is 2.91. The molecule has 0 N–H and O–H groups in total. The van der Waals surface area contributed by atoms with E-state index in [4.69, 9.17) is 1.37 Å². The average Bonchev–Trinajstić information content (AvgIpc) is 2.89. The minimum Gasteiger partial charge on any atom is -0.309 e. The van der Waals surface area contributed by atoms with E-state index >= 15 is 0 Å². The van der Waals surface area contributed by atoms with E-state index in [1.165, 1.54) is 6.07 Å². The van der Waals surface area contributed by atoms with E-state index in [1.54, 1.807) is 0 Å². The molecule has 0 unspecified atom stereocenters. The third kappa shape index (κ3) is 2.18. The van der Waals surface area contributed by atoms with Crippen LogP contribution in [0.1, 0.15) is 6.93 Å². The predicted octanol–water partition coefficient (Wildman–Crippen LogP) is 5.80. The second-order valence-electron chi connectivity index (χ2n) is 5.33. The summed E-state index contributed by atoms with van der Waals surface area (Å²) in [6.45, 7) is 0. The molecule has 0 aliphatic carbocycles. The van der Waals surface area contributed by atoms with Gasteiger partial charge in [-0.15, -0.1) is 0 Å². The number of hydrogen-bond acceptors (Lipinski definition) is 0. The molecule has 23 heavy (non-hydrogen) atoms. The van der Waals surface area contributed by atoms with Crippen molar-refractivity contribution < 1.29 is 14.5 Å². The highest BCUT2D eigenvalue weighted by molar-refractivity contribution is 6.09. The summed E-state index contributed by atoms with van der Waals surface area (Å²) in [5.74, 6) is 0. The Bertz CT molecular complexity index is 1010. The molecule has 0 atom stereocenters. The molecule has 3 aromatic carbocycles. The van der Waals surface area contributed by atoms with E-state index in [9.17, 15) is 13.2 Å². The Morgan fingerprint density at radius 1 is 0.739 bits per heavy atom. The highest BCUT2D eigenvalue weighted by Crippen LogP contribution is 2.33. The molecule has 0 amide bonds. The number of alkyl halides is 3. The van der Waals surface area contributed by atoms with Gasteiger partial charge in [-0.05, 0) is 36.4 Å². The number of halogens is 3. The Morgan fingerprint density at radius 3 is 1.83 bits per heavy atom. The van der Waals surface area contributed by atoms with Crippen LogP contribution in [0.15, 0.2) is 72.8 Å². The van der Waals surface area contributed by atoms with Crippen molar-refractivity contribution in [2.75, 3.05) is 0 Å². The smallest absolute Gasteiger partial charge is 0.309 e. The number of rotatable bonds is 1. The molecule has 0 saturated heterocycles. The van der Waals surface area contributed by atoms with E-state index in [0.717, 1.165) is 33.9 Å². The Balaban J connectivity index is 2.06. The molecule has 0 radical (unpaired) electrons. The van der Waals surface area contributed by atoms with Crippen molar-refractivity contribution >= 4 is 21.8 Å². The van der Waals surface area contributed by atoms with Crippen LogP contribution in [-0.2, 0) is 6.18 Å². The topological polar surface area (TPSA) is 4.93 Å². The lowest BCUT2D eigenvalue weighted by atomic mass is 10.2. The zero-order valence-corrected chi connectivity index (χ0v) is 11.9. The van der Waals surface area contributed by atoms with Gasteiger partial charge in [0.05, 0.1) is 18.0 Å². The minimum atomic E-state index is -4.45.